The molecule has 194 valence electrons. The van der Waals surface area contributed by atoms with Crippen LogP contribution in [0.25, 0.3) is 11.3 Å². The van der Waals surface area contributed by atoms with E-state index in [4.69, 9.17) is 17.3 Å². The van der Waals surface area contributed by atoms with E-state index in [0.29, 0.717) is 24.3 Å². The first-order chi connectivity index (χ1) is 18.0. The van der Waals surface area contributed by atoms with Crippen molar-refractivity contribution in [1.82, 2.24) is 14.8 Å². The molecular weight excluding hydrogens is 521 g/mol. The lowest BCUT2D eigenvalue weighted by molar-refractivity contribution is -0.137. The number of aryl methyl sites for hydroxylation is 3. The molecule has 3 heterocycles. The number of rotatable bonds is 4. The average molecular weight is 541 g/mol. The van der Waals surface area contributed by atoms with Gasteiger partial charge in [0, 0.05) is 24.0 Å². The standard InChI is InChI=1S/C26H20ClF3N6O2/c1-13-2-5-19-14(10-13)7-9-36-24(33-19)21(23(31)37)22(35-36)15-3-4-17(18(27)11-15)25(38)34-20-12-16(6-8-32-20)26(28,29)30/h2-6,8,10-12,33H,7,9H2,1H3,(H2,31,37)(H,32,34,38). The second-order valence-electron chi connectivity index (χ2n) is 8.77. The molecule has 2 amide bonds. The van der Waals surface area contributed by atoms with Crippen LogP contribution in [0.4, 0.5) is 30.5 Å². The first-order valence-electron chi connectivity index (χ1n) is 11.4. The zero-order valence-corrected chi connectivity index (χ0v) is 20.6. The summed E-state index contributed by atoms with van der Waals surface area (Å²) in [6.45, 7) is 2.50. The van der Waals surface area contributed by atoms with Crippen LogP contribution in [0.1, 0.15) is 37.4 Å². The van der Waals surface area contributed by atoms with Crippen LogP contribution in [-0.2, 0) is 19.1 Å². The number of alkyl halides is 3. The van der Waals surface area contributed by atoms with Crippen LogP contribution in [-0.4, -0.2) is 26.6 Å². The van der Waals surface area contributed by atoms with E-state index in [0.717, 1.165) is 35.1 Å². The SMILES string of the molecule is Cc1ccc2c(c1)CCn1nc(-c3ccc(C(=O)Nc4cc(C(F)(F)F)ccn4)c(Cl)c3)c(C(N)=O)c1N2. The van der Waals surface area contributed by atoms with Crippen LogP contribution < -0.4 is 16.4 Å². The summed E-state index contributed by atoms with van der Waals surface area (Å²) >= 11 is 6.38. The molecule has 0 unspecified atom stereocenters. The predicted molar refractivity (Wildman–Crippen MR) is 137 cm³/mol. The van der Waals surface area contributed by atoms with Gasteiger partial charge in [-0.15, -0.1) is 0 Å². The van der Waals surface area contributed by atoms with Crippen LogP contribution in [0, 0.1) is 6.92 Å². The molecule has 0 radical (unpaired) electrons. The summed E-state index contributed by atoms with van der Waals surface area (Å²) in [7, 11) is 0. The lowest BCUT2D eigenvalue weighted by Gasteiger charge is -2.11. The largest absolute Gasteiger partial charge is 0.416 e. The molecule has 0 saturated heterocycles. The number of nitrogens with one attached hydrogen (secondary N) is 2. The van der Waals surface area contributed by atoms with Crippen molar-refractivity contribution in [2.75, 3.05) is 10.6 Å². The first-order valence-corrected chi connectivity index (χ1v) is 11.8. The lowest BCUT2D eigenvalue weighted by Crippen LogP contribution is -2.15. The number of aromatic nitrogens is 3. The van der Waals surface area contributed by atoms with Crippen molar-refractivity contribution in [3.63, 3.8) is 0 Å². The molecule has 0 bridgehead atoms. The number of hydrogen-bond donors (Lipinski definition) is 3. The smallest absolute Gasteiger partial charge is 0.365 e. The van der Waals surface area contributed by atoms with Gasteiger partial charge in [-0.2, -0.15) is 18.3 Å². The summed E-state index contributed by atoms with van der Waals surface area (Å²) in [5.74, 6) is -1.28. The zero-order chi connectivity index (χ0) is 27.2. The number of pyridine rings is 1. The Morgan fingerprint density at radius 3 is 2.63 bits per heavy atom. The molecule has 0 saturated carbocycles. The molecule has 12 heteroatoms. The molecule has 8 nitrogen and oxygen atoms in total. The molecule has 0 aliphatic carbocycles. The van der Waals surface area contributed by atoms with E-state index >= 15 is 0 Å². The second-order valence-corrected chi connectivity index (χ2v) is 9.18. The summed E-state index contributed by atoms with van der Waals surface area (Å²) in [6, 6.07) is 11.9. The van der Waals surface area contributed by atoms with E-state index in [1.807, 2.05) is 19.1 Å². The predicted octanol–water partition coefficient (Wildman–Crippen LogP) is 5.58. The van der Waals surface area contributed by atoms with Gasteiger partial charge in [0.05, 0.1) is 16.1 Å². The zero-order valence-electron chi connectivity index (χ0n) is 19.9. The number of fused-ring (bicyclic) bond motifs is 2. The summed E-state index contributed by atoms with van der Waals surface area (Å²) < 4.78 is 40.6. The molecule has 2 aromatic carbocycles. The molecule has 38 heavy (non-hydrogen) atoms. The van der Waals surface area contributed by atoms with Crippen molar-refractivity contribution in [1.29, 1.82) is 0 Å². The molecule has 0 atom stereocenters. The minimum absolute atomic E-state index is 0.000583. The lowest BCUT2D eigenvalue weighted by atomic mass is 10.0. The Labute approximate surface area is 219 Å². The van der Waals surface area contributed by atoms with Crippen molar-refractivity contribution in [3.8, 4) is 11.3 Å². The van der Waals surface area contributed by atoms with Crippen molar-refractivity contribution in [2.24, 2.45) is 5.73 Å². The maximum absolute atomic E-state index is 13.0. The van der Waals surface area contributed by atoms with Gasteiger partial charge in [-0.05, 0) is 49.2 Å². The molecule has 4 aromatic rings. The van der Waals surface area contributed by atoms with Crippen molar-refractivity contribution in [2.45, 2.75) is 26.1 Å². The third kappa shape index (κ3) is 4.80. The van der Waals surface area contributed by atoms with Gasteiger partial charge in [0.1, 0.15) is 22.9 Å². The van der Waals surface area contributed by atoms with Gasteiger partial charge in [0.15, 0.2) is 0 Å². The maximum Gasteiger partial charge on any atom is 0.416 e. The maximum atomic E-state index is 13.0. The van der Waals surface area contributed by atoms with E-state index in [-0.39, 0.29) is 27.7 Å². The van der Waals surface area contributed by atoms with Crippen LogP contribution in [0.5, 0.6) is 0 Å². The number of anilines is 3. The van der Waals surface area contributed by atoms with Gasteiger partial charge < -0.3 is 16.4 Å². The average Bonchev–Trinajstić information content (AvgIpc) is 3.12. The Balaban J connectivity index is 1.46. The fourth-order valence-electron chi connectivity index (χ4n) is 4.30. The summed E-state index contributed by atoms with van der Waals surface area (Å²) in [6.07, 6.45) is -2.96. The van der Waals surface area contributed by atoms with Gasteiger partial charge in [-0.25, -0.2) is 9.67 Å². The van der Waals surface area contributed by atoms with E-state index in [1.54, 1.807) is 4.68 Å². The van der Waals surface area contributed by atoms with Crippen molar-refractivity contribution >= 4 is 40.7 Å². The highest BCUT2D eigenvalue weighted by atomic mass is 35.5. The number of carbonyl (C=O) groups excluding carboxylic acids is 2. The van der Waals surface area contributed by atoms with Crippen molar-refractivity contribution < 1.29 is 22.8 Å². The first kappa shape index (κ1) is 25.3. The van der Waals surface area contributed by atoms with Crippen LogP contribution in [0.15, 0.2) is 54.7 Å². The second kappa shape index (κ2) is 9.49. The summed E-state index contributed by atoms with van der Waals surface area (Å²) in [5, 5.41) is 10.2. The highest BCUT2D eigenvalue weighted by molar-refractivity contribution is 6.34. The fourth-order valence-corrected chi connectivity index (χ4v) is 4.56. The number of carbonyl (C=O) groups is 2. The monoisotopic (exact) mass is 540 g/mol. The van der Waals surface area contributed by atoms with E-state index < -0.39 is 23.6 Å². The fraction of sp³-hybridized carbons (Fsp3) is 0.154. The summed E-state index contributed by atoms with van der Waals surface area (Å²) in [5.41, 5.74) is 8.72. The number of amides is 2. The molecule has 2 aromatic heterocycles. The third-order valence-corrected chi connectivity index (χ3v) is 6.43. The Hall–Kier alpha value is -4.38. The highest BCUT2D eigenvalue weighted by Crippen LogP contribution is 2.36. The number of hydrogen-bond acceptors (Lipinski definition) is 5. The quantitative estimate of drug-likeness (QED) is 0.313. The van der Waals surface area contributed by atoms with Crippen LogP contribution >= 0.6 is 11.6 Å². The Morgan fingerprint density at radius 2 is 1.92 bits per heavy atom. The van der Waals surface area contributed by atoms with Gasteiger partial charge in [0.25, 0.3) is 11.8 Å². The molecule has 0 spiro atoms. The van der Waals surface area contributed by atoms with Gasteiger partial charge in [0.2, 0.25) is 0 Å². The Kier molecular flexibility index (Phi) is 6.31. The number of nitrogens with two attached hydrogens (primary N) is 1. The molecule has 5 rings (SSSR count). The summed E-state index contributed by atoms with van der Waals surface area (Å²) in [4.78, 5) is 29.0. The third-order valence-electron chi connectivity index (χ3n) is 6.12. The number of nitrogens with zero attached hydrogens (tertiary/aromatic N) is 3. The Bertz CT molecular complexity index is 1600. The number of benzene rings is 2. The minimum Gasteiger partial charge on any atom is -0.365 e. The number of halogens is 4. The van der Waals surface area contributed by atoms with E-state index in [9.17, 15) is 22.8 Å². The molecule has 1 aliphatic heterocycles. The molecule has 4 N–H and O–H groups in total. The van der Waals surface area contributed by atoms with E-state index in [1.165, 1.54) is 18.2 Å². The van der Waals surface area contributed by atoms with Crippen molar-refractivity contribution in [3.05, 3.63) is 87.6 Å². The van der Waals surface area contributed by atoms with Crippen LogP contribution in [0.3, 0.4) is 0 Å². The normalized spacial score (nSPS) is 12.7. The van der Waals surface area contributed by atoms with Crippen LogP contribution in [0.2, 0.25) is 5.02 Å². The van der Waals surface area contributed by atoms with Gasteiger partial charge in [-0.1, -0.05) is 35.4 Å². The molecule has 1 aliphatic rings. The molecular formula is C26H20ClF3N6O2. The number of primary amides is 1. The van der Waals surface area contributed by atoms with Gasteiger partial charge in [-0.3, -0.25) is 9.59 Å². The molecule has 0 fully saturated rings. The highest BCUT2D eigenvalue weighted by Gasteiger charge is 2.31. The minimum atomic E-state index is -4.58. The topological polar surface area (TPSA) is 115 Å². The Morgan fingerprint density at radius 1 is 1.13 bits per heavy atom. The van der Waals surface area contributed by atoms with Gasteiger partial charge >= 0.3 is 6.18 Å². The van der Waals surface area contributed by atoms with E-state index in [2.05, 4.69) is 26.8 Å².